The fourth-order valence-corrected chi connectivity index (χ4v) is 1.71. The first-order chi connectivity index (χ1) is 8.26. The fourth-order valence-electron chi connectivity index (χ4n) is 1.71. The number of nitrogens with zero attached hydrogens (tertiary/aromatic N) is 2. The lowest BCUT2D eigenvalue weighted by Gasteiger charge is -2.16. The maximum absolute atomic E-state index is 5.72. The van der Waals surface area contributed by atoms with Gasteiger partial charge in [0.05, 0.1) is 20.3 Å². The van der Waals surface area contributed by atoms with Crippen LogP contribution in [-0.2, 0) is 0 Å². The van der Waals surface area contributed by atoms with Crippen LogP contribution < -0.4 is 20.5 Å². The first-order valence-electron chi connectivity index (χ1n) is 5.70. The summed E-state index contributed by atoms with van der Waals surface area (Å²) in [7, 11) is 3.12. The third-order valence-electron chi connectivity index (χ3n) is 2.86. The van der Waals surface area contributed by atoms with Gasteiger partial charge in [-0.15, -0.1) is 0 Å². The molecule has 17 heavy (non-hydrogen) atoms. The molecule has 3 N–H and O–H groups in total. The van der Waals surface area contributed by atoms with Gasteiger partial charge in [-0.3, -0.25) is 0 Å². The predicted molar refractivity (Wildman–Crippen MR) is 64.3 cm³/mol. The van der Waals surface area contributed by atoms with Crippen molar-refractivity contribution in [3.8, 4) is 11.8 Å². The van der Waals surface area contributed by atoms with Crippen LogP contribution in [0, 0.1) is 5.92 Å². The normalized spacial score (nSPS) is 16.4. The summed E-state index contributed by atoms with van der Waals surface area (Å²) in [6.45, 7) is 0.577. The molecule has 94 valence electrons. The van der Waals surface area contributed by atoms with E-state index in [1.54, 1.807) is 20.3 Å². The lowest BCUT2D eigenvalue weighted by molar-refractivity contribution is 0.372. The van der Waals surface area contributed by atoms with Gasteiger partial charge in [-0.1, -0.05) is 0 Å². The molecule has 0 amide bonds. The Labute approximate surface area is 101 Å². The molecule has 0 radical (unpaired) electrons. The summed E-state index contributed by atoms with van der Waals surface area (Å²) in [5.74, 6) is 2.10. The lowest BCUT2D eigenvalue weighted by Crippen LogP contribution is -2.31. The molecule has 6 nitrogen and oxygen atoms in total. The fraction of sp³-hybridized carbons (Fsp3) is 0.636. The molecule has 0 aromatic carbocycles. The Balaban J connectivity index is 2.12. The number of nitrogens with one attached hydrogen (secondary N) is 1. The van der Waals surface area contributed by atoms with Crippen molar-refractivity contribution in [2.75, 3.05) is 26.1 Å². The third-order valence-corrected chi connectivity index (χ3v) is 2.86. The van der Waals surface area contributed by atoms with Gasteiger partial charge in [0.15, 0.2) is 0 Å². The minimum atomic E-state index is 0.229. The second-order valence-corrected chi connectivity index (χ2v) is 4.10. The molecule has 0 saturated heterocycles. The molecule has 1 fully saturated rings. The minimum absolute atomic E-state index is 0.229. The Morgan fingerprint density at radius 2 is 1.94 bits per heavy atom. The lowest BCUT2D eigenvalue weighted by atomic mass is 10.2. The monoisotopic (exact) mass is 238 g/mol. The minimum Gasteiger partial charge on any atom is -0.481 e. The Morgan fingerprint density at radius 1 is 1.35 bits per heavy atom. The second-order valence-electron chi connectivity index (χ2n) is 4.10. The smallest absolute Gasteiger partial charge is 0.229 e. The Hall–Kier alpha value is -1.56. The van der Waals surface area contributed by atoms with Gasteiger partial charge in [0, 0.05) is 12.6 Å². The van der Waals surface area contributed by atoms with Crippen LogP contribution >= 0.6 is 0 Å². The van der Waals surface area contributed by atoms with E-state index >= 15 is 0 Å². The van der Waals surface area contributed by atoms with Crippen LogP contribution in [0.2, 0.25) is 0 Å². The van der Waals surface area contributed by atoms with Gasteiger partial charge in [0.2, 0.25) is 17.7 Å². The zero-order valence-electron chi connectivity index (χ0n) is 10.1. The van der Waals surface area contributed by atoms with E-state index in [0.717, 1.165) is 0 Å². The van der Waals surface area contributed by atoms with E-state index < -0.39 is 0 Å². The molecule has 0 bridgehead atoms. The van der Waals surface area contributed by atoms with E-state index in [1.165, 1.54) is 12.8 Å². The SMILES string of the molecule is COc1cc(OC)nc(NC(CN)C2CC2)n1. The van der Waals surface area contributed by atoms with Crippen molar-refractivity contribution in [1.29, 1.82) is 0 Å². The van der Waals surface area contributed by atoms with E-state index in [-0.39, 0.29) is 6.04 Å². The van der Waals surface area contributed by atoms with Crippen molar-refractivity contribution in [3.63, 3.8) is 0 Å². The van der Waals surface area contributed by atoms with Crippen LogP contribution in [0.15, 0.2) is 6.07 Å². The van der Waals surface area contributed by atoms with Crippen LogP contribution in [0.4, 0.5) is 5.95 Å². The summed E-state index contributed by atoms with van der Waals surface area (Å²) in [4.78, 5) is 8.44. The van der Waals surface area contributed by atoms with Crippen LogP contribution in [0.3, 0.4) is 0 Å². The number of methoxy groups -OCH3 is 2. The number of aromatic nitrogens is 2. The second kappa shape index (κ2) is 5.18. The van der Waals surface area contributed by atoms with Gasteiger partial charge in [0.1, 0.15) is 0 Å². The first-order valence-corrected chi connectivity index (χ1v) is 5.70. The molecular weight excluding hydrogens is 220 g/mol. The van der Waals surface area contributed by atoms with Gasteiger partial charge in [-0.05, 0) is 18.8 Å². The standard InChI is InChI=1S/C11H18N4O2/c1-16-9-5-10(17-2)15-11(14-9)13-8(6-12)7-3-4-7/h5,7-8H,3-4,6,12H2,1-2H3,(H,13,14,15). The zero-order valence-corrected chi connectivity index (χ0v) is 10.1. The molecule has 1 atom stereocenters. The number of nitrogens with two attached hydrogens (primary N) is 1. The molecular formula is C11H18N4O2. The topological polar surface area (TPSA) is 82.3 Å². The predicted octanol–water partition coefficient (Wildman–Crippen LogP) is 0.643. The van der Waals surface area contributed by atoms with Crippen molar-refractivity contribution in [1.82, 2.24) is 9.97 Å². The Kier molecular flexibility index (Phi) is 3.63. The first kappa shape index (κ1) is 11.9. The molecule has 1 heterocycles. The summed E-state index contributed by atoms with van der Waals surface area (Å²) in [5, 5.41) is 3.23. The molecule has 6 heteroatoms. The van der Waals surface area contributed by atoms with Gasteiger partial charge in [-0.25, -0.2) is 0 Å². The van der Waals surface area contributed by atoms with Crippen LogP contribution in [0.5, 0.6) is 11.8 Å². The average molecular weight is 238 g/mol. The van der Waals surface area contributed by atoms with E-state index in [0.29, 0.717) is 30.2 Å². The van der Waals surface area contributed by atoms with Crippen molar-refractivity contribution in [2.24, 2.45) is 11.7 Å². The maximum Gasteiger partial charge on any atom is 0.229 e. The van der Waals surface area contributed by atoms with Crippen molar-refractivity contribution < 1.29 is 9.47 Å². The van der Waals surface area contributed by atoms with Gasteiger partial charge in [-0.2, -0.15) is 9.97 Å². The number of hydrogen-bond donors (Lipinski definition) is 2. The zero-order chi connectivity index (χ0) is 12.3. The van der Waals surface area contributed by atoms with Crippen LogP contribution in [-0.4, -0.2) is 36.8 Å². The van der Waals surface area contributed by atoms with E-state index in [9.17, 15) is 0 Å². The molecule has 2 rings (SSSR count). The highest BCUT2D eigenvalue weighted by Crippen LogP contribution is 2.33. The molecule has 1 unspecified atom stereocenters. The van der Waals surface area contributed by atoms with E-state index in [4.69, 9.17) is 15.2 Å². The largest absolute Gasteiger partial charge is 0.481 e. The molecule has 1 aliphatic rings. The molecule has 0 aliphatic heterocycles. The average Bonchev–Trinajstić information content (AvgIpc) is 3.19. The highest BCUT2D eigenvalue weighted by Gasteiger charge is 2.30. The van der Waals surface area contributed by atoms with Gasteiger partial charge < -0.3 is 20.5 Å². The quantitative estimate of drug-likeness (QED) is 0.757. The van der Waals surface area contributed by atoms with Crippen LogP contribution in [0.1, 0.15) is 12.8 Å². The van der Waals surface area contributed by atoms with Crippen molar-refractivity contribution in [2.45, 2.75) is 18.9 Å². The molecule has 1 aromatic heterocycles. The van der Waals surface area contributed by atoms with Crippen molar-refractivity contribution in [3.05, 3.63) is 6.07 Å². The van der Waals surface area contributed by atoms with Crippen LogP contribution in [0.25, 0.3) is 0 Å². The summed E-state index contributed by atoms with van der Waals surface area (Å²) in [6, 6.07) is 1.87. The highest BCUT2D eigenvalue weighted by molar-refractivity contribution is 5.35. The number of ether oxygens (including phenoxy) is 2. The van der Waals surface area contributed by atoms with Gasteiger partial charge in [0.25, 0.3) is 0 Å². The molecule has 1 saturated carbocycles. The summed E-state index contributed by atoms with van der Waals surface area (Å²) >= 11 is 0. The number of rotatable bonds is 6. The maximum atomic E-state index is 5.72. The highest BCUT2D eigenvalue weighted by atomic mass is 16.5. The summed E-state index contributed by atoms with van der Waals surface area (Å²) in [6.07, 6.45) is 2.44. The number of anilines is 1. The Morgan fingerprint density at radius 3 is 2.35 bits per heavy atom. The molecule has 0 spiro atoms. The molecule has 1 aromatic rings. The molecule has 1 aliphatic carbocycles. The van der Waals surface area contributed by atoms with E-state index in [1.807, 2.05) is 0 Å². The number of hydrogen-bond acceptors (Lipinski definition) is 6. The summed E-state index contributed by atoms with van der Waals surface area (Å²) < 4.78 is 10.2. The van der Waals surface area contributed by atoms with Gasteiger partial charge >= 0.3 is 0 Å². The summed E-state index contributed by atoms with van der Waals surface area (Å²) in [5.41, 5.74) is 5.72. The van der Waals surface area contributed by atoms with Crippen molar-refractivity contribution >= 4 is 5.95 Å². The Bertz CT molecular complexity index is 359. The third kappa shape index (κ3) is 2.97. The van der Waals surface area contributed by atoms with E-state index in [2.05, 4.69) is 15.3 Å².